The molecule has 0 aliphatic carbocycles. The second-order valence-corrected chi connectivity index (χ2v) is 4.98. The molecule has 0 saturated carbocycles. The van der Waals surface area contributed by atoms with E-state index in [-0.39, 0.29) is 12.5 Å². The van der Waals surface area contributed by atoms with E-state index in [1.807, 2.05) is 30.3 Å². The summed E-state index contributed by atoms with van der Waals surface area (Å²) in [6, 6.07) is 9.72. The number of aryl methyl sites for hydroxylation is 1. The summed E-state index contributed by atoms with van der Waals surface area (Å²) in [5, 5.41) is 11.8. The first-order valence-corrected chi connectivity index (χ1v) is 7.22. The summed E-state index contributed by atoms with van der Waals surface area (Å²) in [6.07, 6.45) is 4.77. The highest BCUT2D eigenvalue weighted by atomic mass is 16.3. The summed E-state index contributed by atoms with van der Waals surface area (Å²) in [6.45, 7) is 0.668. The van der Waals surface area contributed by atoms with Crippen LogP contribution in [0.3, 0.4) is 0 Å². The molecular formula is C16H21N3O2. The fourth-order valence-electron chi connectivity index (χ4n) is 2.10. The van der Waals surface area contributed by atoms with Crippen LogP contribution in [0.2, 0.25) is 0 Å². The zero-order valence-corrected chi connectivity index (χ0v) is 12.0. The number of aliphatic hydroxyl groups excluding tert-OH is 1. The molecule has 5 heteroatoms. The lowest BCUT2D eigenvalue weighted by Crippen LogP contribution is -2.26. The van der Waals surface area contributed by atoms with E-state index >= 15 is 0 Å². The van der Waals surface area contributed by atoms with Gasteiger partial charge in [0, 0.05) is 13.0 Å². The first-order valence-electron chi connectivity index (χ1n) is 7.22. The van der Waals surface area contributed by atoms with Gasteiger partial charge in [0.05, 0.1) is 24.9 Å². The number of unbranched alkanes of at least 4 members (excludes halogenated alkanes) is 1. The maximum atomic E-state index is 11.7. The molecule has 0 radical (unpaired) electrons. The summed E-state index contributed by atoms with van der Waals surface area (Å²) in [7, 11) is 0. The number of rotatable bonds is 8. The number of hydrogen-bond donors (Lipinski definition) is 3. The van der Waals surface area contributed by atoms with Crippen molar-refractivity contribution in [2.45, 2.75) is 32.3 Å². The lowest BCUT2D eigenvalue weighted by atomic mass is 10.1. The van der Waals surface area contributed by atoms with Crippen LogP contribution < -0.4 is 5.32 Å². The Morgan fingerprint density at radius 2 is 2.05 bits per heavy atom. The van der Waals surface area contributed by atoms with E-state index in [9.17, 15) is 4.79 Å². The summed E-state index contributed by atoms with van der Waals surface area (Å²) < 4.78 is 0. The Hall–Kier alpha value is -2.14. The summed E-state index contributed by atoms with van der Waals surface area (Å²) >= 11 is 0. The quantitative estimate of drug-likeness (QED) is 0.645. The largest absolute Gasteiger partial charge is 0.390 e. The molecule has 5 nitrogen and oxygen atoms in total. The number of H-pyrrole nitrogens is 1. The number of carbonyl (C=O) groups is 1. The lowest BCUT2D eigenvalue weighted by Gasteiger charge is -2.05. The number of aromatic nitrogens is 2. The van der Waals surface area contributed by atoms with Crippen molar-refractivity contribution >= 4 is 5.91 Å². The first-order chi connectivity index (χ1) is 10.3. The topological polar surface area (TPSA) is 78.0 Å². The highest BCUT2D eigenvalue weighted by Crippen LogP contribution is 2.02. The molecule has 0 atom stereocenters. The number of amides is 1. The lowest BCUT2D eigenvalue weighted by molar-refractivity contribution is -0.120. The predicted molar refractivity (Wildman–Crippen MR) is 80.6 cm³/mol. The smallest absolute Gasteiger partial charge is 0.224 e. The third-order valence-corrected chi connectivity index (χ3v) is 3.22. The van der Waals surface area contributed by atoms with Gasteiger partial charge in [0.1, 0.15) is 5.82 Å². The Balaban J connectivity index is 1.58. The van der Waals surface area contributed by atoms with Crippen LogP contribution in [0.15, 0.2) is 36.5 Å². The number of imidazole rings is 1. The maximum absolute atomic E-state index is 11.7. The number of carbonyl (C=O) groups excluding carboxylic acids is 1. The van der Waals surface area contributed by atoms with E-state index in [4.69, 9.17) is 5.11 Å². The van der Waals surface area contributed by atoms with Gasteiger partial charge in [-0.05, 0) is 18.4 Å². The molecule has 0 bridgehead atoms. The monoisotopic (exact) mass is 287 g/mol. The van der Waals surface area contributed by atoms with Gasteiger partial charge >= 0.3 is 0 Å². The third-order valence-electron chi connectivity index (χ3n) is 3.22. The molecule has 2 aromatic rings. The van der Waals surface area contributed by atoms with E-state index in [0.717, 1.165) is 36.3 Å². The van der Waals surface area contributed by atoms with Crippen molar-refractivity contribution in [3.63, 3.8) is 0 Å². The van der Waals surface area contributed by atoms with Crippen molar-refractivity contribution in [3.05, 3.63) is 53.6 Å². The molecule has 0 unspecified atom stereocenters. The molecule has 0 fully saturated rings. The van der Waals surface area contributed by atoms with Crippen molar-refractivity contribution in [2.75, 3.05) is 6.54 Å². The molecule has 1 aromatic carbocycles. The van der Waals surface area contributed by atoms with Crippen LogP contribution in [-0.2, 0) is 24.2 Å². The van der Waals surface area contributed by atoms with Crippen LogP contribution in [0, 0.1) is 0 Å². The van der Waals surface area contributed by atoms with Crippen LogP contribution in [-0.4, -0.2) is 27.5 Å². The average Bonchev–Trinajstić information content (AvgIpc) is 2.96. The van der Waals surface area contributed by atoms with Gasteiger partial charge < -0.3 is 15.4 Å². The van der Waals surface area contributed by atoms with Crippen LogP contribution in [0.25, 0.3) is 0 Å². The minimum absolute atomic E-state index is 0.0114. The van der Waals surface area contributed by atoms with Gasteiger partial charge in [-0.3, -0.25) is 4.79 Å². The number of aliphatic hydroxyl groups is 1. The van der Waals surface area contributed by atoms with Gasteiger partial charge in [0.2, 0.25) is 5.91 Å². The van der Waals surface area contributed by atoms with Gasteiger partial charge in [0.25, 0.3) is 0 Å². The summed E-state index contributed by atoms with van der Waals surface area (Å²) in [5.74, 6) is 0.941. The number of nitrogens with one attached hydrogen (secondary N) is 2. The molecular weight excluding hydrogens is 266 g/mol. The second kappa shape index (κ2) is 8.21. The van der Waals surface area contributed by atoms with E-state index in [0.29, 0.717) is 13.0 Å². The maximum Gasteiger partial charge on any atom is 0.224 e. The van der Waals surface area contributed by atoms with Gasteiger partial charge in [-0.15, -0.1) is 0 Å². The minimum Gasteiger partial charge on any atom is -0.390 e. The molecule has 2 rings (SSSR count). The predicted octanol–water partition coefficient (Wildman–Crippen LogP) is 1.58. The standard InChI is InChI=1S/C16H21N3O2/c20-12-14-11-18-15(19-14)8-4-5-9-17-16(21)10-13-6-2-1-3-7-13/h1-3,6-7,11,20H,4-5,8-10,12H2,(H,17,21)(H,18,19). The number of aromatic amines is 1. The van der Waals surface area contributed by atoms with Crippen molar-refractivity contribution in [3.8, 4) is 0 Å². The highest BCUT2D eigenvalue weighted by Gasteiger charge is 2.03. The molecule has 3 N–H and O–H groups in total. The van der Waals surface area contributed by atoms with Crippen LogP contribution in [0.1, 0.15) is 29.9 Å². The molecule has 0 spiro atoms. The third kappa shape index (κ3) is 5.39. The van der Waals surface area contributed by atoms with E-state index in [2.05, 4.69) is 15.3 Å². The molecule has 21 heavy (non-hydrogen) atoms. The van der Waals surface area contributed by atoms with Gasteiger partial charge in [0.15, 0.2) is 0 Å². The Morgan fingerprint density at radius 1 is 1.24 bits per heavy atom. The number of hydrogen-bond acceptors (Lipinski definition) is 3. The Bertz CT molecular complexity index is 552. The zero-order valence-electron chi connectivity index (χ0n) is 12.0. The molecule has 0 aliphatic heterocycles. The van der Waals surface area contributed by atoms with Gasteiger partial charge in [-0.2, -0.15) is 0 Å². The van der Waals surface area contributed by atoms with Crippen LogP contribution in [0.5, 0.6) is 0 Å². The first kappa shape index (κ1) is 15.3. The number of nitrogens with zero attached hydrogens (tertiary/aromatic N) is 1. The van der Waals surface area contributed by atoms with Crippen molar-refractivity contribution < 1.29 is 9.90 Å². The molecule has 112 valence electrons. The molecule has 1 heterocycles. The van der Waals surface area contributed by atoms with Crippen LogP contribution in [0.4, 0.5) is 0 Å². The number of benzene rings is 1. The van der Waals surface area contributed by atoms with Crippen LogP contribution >= 0.6 is 0 Å². The average molecular weight is 287 g/mol. The Kier molecular flexibility index (Phi) is 5.97. The molecule has 0 saturated heterocycles. The van der Waals surface area contributed by atoms with Crippen molar-refractivity contribution in [2.24, 2.45) is 0 Å². The van der Waals surface area contributed by atoms with Crippen molar-refractivity contribution in [1.82, 2.24) is 15.3 Å². The molecule has 1 amide bonds. The zero-order chi connectivity index (χ0) is 14.9. The minimum atomic E-state index is -0.0114. The summed E-state index contributed by atoms with van der Waals surface area (Å²) in [4.78, 5) is 18.9. The normalized spacial score (nSPS) is 10.5. The fourth-order valence-corrected chi connectivity index (χ4v) is 2.10. The van der Waals surface area contributed by atoms with Gasteiger partial charge in [-0.25, -0.2) is 4.98 Å². The fraction of sp³-hybridized carbons (Fsp3) is 0.375. The Morgan fingerprint density at radius 3 is 2.76 bits per heavy atom. The van der Waals surface area contributed by atoms with E-state index in [1.54, 1.807) is 6.20 Å². The Labute approximate surface area is 124 Å². The van der Waals surface area contributed by atoms with Crippen molar-refractivity contribution in [1.29, 1.82) is 0 Å². The van der Waals surface area contributed by atoms with E-state index < -0.39 is 0 Å². The molecule has 0 aliphatic rings. The second-order valence-electron chi connectivity index (χ2n) is 4.98. The molecule has 1 aromatic heterocycles. The highest BCUT2D eigenvalue weighted by molar-refractivity contribution is 5.78. The van der Waals surface area contributed by atoms with E-state index in [1.165, 1.54) is 0 Å². The SMILES string of the molecule is O=C(Cc1ccccc1)NCCCCc1ncc(CO)[nH]1. The van der Waals surface area contributed by atoms with Gasteiger partial charge in [-0.1, -0.05) is 30.3 Å². The summed E-state index contributed by atoms with van der Waals surface area (Å²) in [5.41, 5.74) is 1.77.